The highest BCUT2D eigenvalue weighted by Crippen LogP contribution is 2.27. The fourth-order valence-electron chi connectivity index (χ4n) is 3.47. The van der Waals surface area contributed by atoms with E-state index in [1.54, 1.807) is 6.07 Å². The van der Waals surface area contributed by atoms with E-state index >= 15 is 0 Å². The third-order valence-electron chi connectivity index (χ3n) is 5.12. The van der Waals surface area contributed by atoms with Crippen LogP contribution in [0.4, 0.5) is 27.6 Å². The van der Waals surface area contributed by atoms with Gasteiger partial charge < -0.3 is 0 Å². The molecule has 0 aliphatic carbocycles. The van der Waals surface area contributed by atoms with Crippen LogP contribution in [0.15, 0.2) is 23.1 Å². The molecule has 13 heteroatoms. The number of sulfonamides is 1. The van der Waals surface area contributed by atoms with Gasteiger partial charge in [-0.1, -0.05) is 6.07 Å². The van der Waals surface area contributed by atoms with Crippen LogP contribution in [0, 0.1) is 39.2 Å². The first-order valence-corrected chi connectivity index (χ1v) is 11.0. The number of nitro benzene ring substituents is 1. The lowest BCUT2D eigenvalue weighted by molar-refractivity contribution is -0.385. The van der Waals surface area contributed by atoms with Crippen LogP contribution in [0.1, 0.15) is 24.0 Å². The summed E-state index contributed by atoms with van der Waals surface area (Å²) in [6.45, 7) is 1.42. The Morgan fingerprint density at radius 2 is 1.59 bits per heavy atom. The molecular formula is C19H18F5N3O4S. The SMILES string of the molecule is O=[N+]([O-])c1ccc2c(c1)CN(CCCCNS(=O)(=O)c1c(F)c(F)c(F)c(F)c1F)CC2. The number of hydrogen-bond acceptors (Lipinski definition) is 5. The summed E-state index contributed by atoms with van der Waals surface area (Å²) < 4.78 is 93.0. The summed E-state index contributed by atoms with van der Waals surface area (Å²) in [4.78, 5) is 10.5. The molecule has 0 saturated heterocycles. The van der Waals surface area contributed by atoms with Crippen LogP contribution < -0.4 is 4.72 Å². The number of unbranched alkanes of at least 4 members (excludes halogenated alkanes) is 1. The molecule has 0 atom stereocenters. The molecule has 1 aliphatic rings. The van der Waals surface area contributed by atoms with Gasteiger partial charge in [-0.25, -0.2) is 35.1 Å². The number of nitrogens with zero attached hydrogens (tertiary/aromatic N) is 2. The summed E-state index contributed by atoms with van der Waals surface area (Å²) in [5, 5.41) is 10.9. The molecule has 1 N–H and O–H groups in total. The van der Waals surface area contributed by atoms with Gasteiger partial charge in [-0.3, -0.25) is 15.0 Å². The Hall–Kier alpha value is -2.64. The van der Waals surface area contributed by atoms with Crippen LogP contribution in [0.3, 0.4) is 0 Å². The lowest BCUT2D eigenvalue weighted by Crippen LogP contribution is -2.32. The van der Waals surface area contributed by atoms with Crippen LogP contribution in [0.25, 0.3) is 0 Å². The molecule has 1 aliphatic heterocycles. The molecule has 0 fully saturated rings. The van der Waals surface area contributed by atoms with Crippen molar-refractivity contribution in [2.75, 3.05) is 19.6 Å². The van der Waals surface area contributed by atoms with E-state index in [-0.39, 0.29) is 18.7 Å². The minimum Gasteiger partial charge on any atom is -0.299 e. The zero-order valence-corrected chi connectivity index (χ0v) is 17.3. The number of nitro groups is 1. The number of hydrogen-bond donors (Lipinski definition) is 1. The van der Waals surface area contributed by atoms with E-state index in [1.807, 2.05) is 9.62 Å². The molecule has 1 heterocycles. The van der Waals surface area contributed by atoms with Gasteiger partial charge in [0.2, 0.25) is 15.8 Å². The van der Waals surface area contributed by atoms with Gasteiger partial charge in [0.15, 0.2) is 28.2 Å². The Morgan fingerprint density at radius 1 is 0.969 bits per heavy atom. The molecule has 3 rings (SSSR count). The third kappa shape index (κ3) is 4.89. The summed E-state index contributed by atoms with van der Waals surface area (Å²) in [5.74, 6) is -12.0. The molecule has 32 heavy (non-hydrogen) atoms. The molecule has 0 amide bonds. The van der Waals surface area contributed by atoms with Crippen LogP contribution in [-0.2, 0) is 23.0 Å². The maximum Gasteiger partial charge on any atom is 0.269 e. The van der Waals surface area contributed by atoms with E-state index in [4.69, 9.17) is 0 Å². The first-order chi connectivity index (χ1) is 15.0. The lowest BCUT2D eigenvalue weighted by atomic mass is 9.99. The molecule has 2 aromatic rings. The Morgan fingerprint density at radius 3 is 2.22 bits per heavy atom. The van der Waals surface area contributed by atoms with Crippen molar-refractivity contribution in [2.24, 2.45) is 0 Å². The summed E-state index contributed by atoms with van der Waals surface area (Å²) >= 11 is 0. The van der Waals surface area contributed by atoms with Crippen LogP contribution in [0.2, 0.25) is 0 Å². The van der Waals surface area contributed by atoms with E-state index in [0.29, 0.717) is 32.5 Å². The molecular weight excluding hydrogens is 461 g/mol. The van der Waals surface area contributed by atoms with E-state index in [0.717, 1.165) is 11.1 Å². The van der Waals surface area contributed by atoms with Crippen molar-refractivity contribution in [3.63, 3.8) is 0 Å². The average Bonchev–Trinajstić information content (AvgIpc) is 2.75. The smallest absolute Gasteiger partial charge is 0.269 e. The van der Waals surface area contributed by atoms with Crippen molar-refractivity contribution in [3.8, 4) is 0 Å². The number of rotatable bonds is 8. The van der Waals surface area contributed by atoms with Gasteiger partial charge in [-0.05, 0) is 36.9 Å². The number of non-ortho nitro benzene ring substituents is 1. The third-order valence-corrected chi connectivity index (χ3v) is 6.60. The van der Waals surface area contributed by atoms with Gasteiger partial charge in [0.05, 0.1) is 4.92 Å². The molecule has 0 bridgehead atoms. The largest absolute Gasteiger partial charge is 0.299 e. The van der Waals surface area contributed by atoms with Crippen molar-refractivity contribution in [1.29, 1.82) is 0 Å². The van der Waals surface area contributed by atoms with Crippen molar-refractivity contribution >= 4 is 15.7 Å². The number of benzene rings is 2. The maximum atomic E-state index is 13.7. The van der Waals surface area contributed by atoms with Crippen LogP contribution in [0.5, 0.6) is 0 Å². The van der Waals surface area contributed by atoms with E-state index < -0.39 is 48.9 Å². The molecule has 0 spiro atoms. The first kappa shape index (κ1) is 24.0. The highest BCUT2D eigenvalue weighted by atomic mass is 32.2. The predicted molar refractivity (Wildman–Crippen MR) is 103 cm³/mol. The number of nitrogens with one attached hydrogen (secondary N) is 1. The highest BCUT2D eigenvalue weighted by Gasteiger charge is 2.33. The van der Waals surface area contributed by atoms with Crippen molar-refractivity contribution < 1.29 is 35.3 Å². The molecule has 174 valence electrons. The quantitative estimate of drug-likeness (QED) is 0.157. The normalized spacial score (nSPS) is 14.4. The molecule has 0 saturated carbocycles. The first-order valence-electron chi connectivity index (χ1n) is 9.52. The summed E-state index contributed by atoms with van der Waals surface area (Å²) in [6, 6.07) is 4.68. The van der Waals surface area contributed by atoms with Gasteiger partial charge in [-0.2, -0.15) is 0 Å². The Labute approximate surface area is 180 Å². The molecule has 0 aromatic heterocycles. The molecule has 0 radical (unpaired) electrons. The Kier molecular flexibility index (Phi) is 7.10. The Balaban J connectivity index is 1.54. The maximum absolute atomic E-state index is 13.7. The minimum absolute atomic E-state index is 0.00635. The zero-order valence-electron chi connectivity index (χ0n) is 16.5. The van der Waals surface area contributed by atoms with Gasteiger partial charge in [0, 0.05) is 31.8 Å². The van der Waals surface area contributed by atoms with E-state index in [9.17, 15) is 40.5 Å². The summed E-state index contributed by atoms with van der Waals surface area (Å²) in [6.07, 6.45) is 1.39. The zero-order chi connectivity index (χ0) is 23.6. The van der Waals surface area contributed by atoms with Crippen LogP contribution >= 0.6 is 0 Å². The van der Waals surface area contributed by atoms with Crippen LogP contribution in [-0.4, -0.2) is 37.9 Å². The average molecular weight is 479 g/mol. The van der Waals surface area contributed by atoms with Gasteiger partial charge in [-0.15, -0.1) is 0 Å². The minimum atomic E-state index is -4.97. The number of halogens is 5. The standard InChI is InChI=1S/C19H18F5N3O4S/c20-14-15(21)17(23)19(18(24)16(14)22)32(30,31)25-6-1-2-7-26-8-5-11-3-4-13(27(28)29)9-12(11)10-26/h3-4,9,25H,1-2,5-8,10H2. The summed E-state index contributed by atoms with van der Waals surface area (Å²) in [7, 11) is -4.97. The van der Waals surface area contributed by atoms with Crippen molar-refractivity contribution in [2.45, 2.75) is 30.7 Å². The molecule has 2 aromatic carbocycles. The molecule has 0 unspecified atom stereocenters. The fourth-order valence-corrected chi connectivity index (χ4v) is 4.67. The topological polar surface area (TPSA) is 92.6 Å². The predicted octanol–water partition coefficient (Wildman–Crippen LogP) is 3.41. The van der Waals surface area contributed by atoms with Crippen molar-refractivity contribution in [1.82, 2.24) is 9.62 Å². The second kappa shape index (κ2) is 9.46. The second-order valence-electron chi connectivity index (χ2n) is 7.24. The highest BCUT2D eigenvalue weighted by molar-refractivity contribution is 7.89. The second-order valence-corrected chi connectivity index (χ2v) is 8.94. The summed E-state index contributed by atoms with van der Waals surface area (Å²) in [5.41, 5.74) is 1.84. The molecule has 7 nitrogen and oxygen atoms in total. The van der Waals surface area contributed by atoms with Gasteiger partial charge in [0.25, 0.3) is 5.69 Å². The van der Waals surface area contributed by atoms with Gasteiger partial charge >= 0.3 is 0 Å². The lowest BCUT2D eigenvalue weighted by Gasteiger charge is -2.28. The van der Waals surface area contributed by atoms with E-state index in [1.165, 1.54) is 12.1 Å². The Bertz CT molecular complexity index is 1130. The number of fused-ring (bicyclic) bond motifs is 1. The fraction of sp³-hybridized carbons (Fsp3) is 0.368. The van der Waals surface area contributed by atoms with Gasteiger partial charge in [0.1, 0.15) is 0 Å². The van der Waals surface area contributed by atoms with Crippen molar-refractivity contribution in [3.05, 3.63) is 68.5 Å². The monoisotopic (exact) mass is 479 g/mol. The van der Waals surface area contributed by atoms with E-state index in [2.05, 4.69) is 0 Å².